The maximum absolute atomic E-state index is 12.1. The van der Waals surface area contributed by atoms with Crippen molar-refractivity contribution in [3.63, 3.8) is 0 Å². The maximum Gasteiger partial charge on any atom is 0.237 e. The molecule has 0 aromatic carbocycles. The second kappa shape index (κ2) is 5.83. The fourth-order valence-electron chi connectivity index (χ4n) is 2.90. The highest BCUT2D eigenvalue weighted by Gasteiger charge is 2.31. The molecule has 2 aliphatic rings. The summed E-state index contributed by atoms with van der Waals surface area (Å²) in [6, 6.07) is 0.314. The minimum Gasteiger partial charge on any atom is -0.380 e. The van der Waals surface area contributed by atoms with Crippen molar-refractivity contribution in [1.29, 1.82) is 0 Å². The fourth-order valence-corrected chi connectivity index (χ4v) is 2.90. The lowest BCUT2D eigenvalue weighted by Gasteiger charge is -2.30. The van der Waals surface area contributed by atoms with E-state index in [1.165, 1.54) is 19.3 Å². The molecule has 4 nitrogen and oxygen atoms in total. The lowest BCUT2D eigenvalue weighted by atomic mass is 9.86. The van der Waals surface area contributed by atoms with Crippen molar-refractivity contribution in [2.24, 2.45) is 5.92 Å². The zero-order valence-electron chi connectivity index (χ0n) is 10.9. The van der Waals surface area contributed by atoms with Crippen molar-refractivity contribution in [1.82, 2.24) is 10.6 Å². The Kier molecular flexibility index (Phi) is 4.40. The van der Waals surface area contributed by atoms with Crippen molar-refractivity contribution in [3.05, 3.63) is 0 Å². The Balaban J connectivity index is 1.80. The topological polar surface area (TPSA) is 50.4 Å². The predicted octanol–water partition coefficient (Wildman–Crippen LogP) is 1.06. The number of carbonyl (C=O) groups is 1. The molecule has 4 heteroatoms. The van der Waals surface area contributed by atoms with Gasteiger partial charge in [-0.15, -0.1) is 0 Å². The van der Waals surface area contributed by atoms with Gasteiger partial charge in [0.2, 0.25) is 5.91 Å². The summed E-state index contributed by atoms with van der Waals surface area (Å²) in [5.74, 6) is 0.774. The number of amides is 1. The molecule has 1 saturated carbocycles. The van der Waals surface area contributed by atoms with E-state index in [-0.39, 0.29) is 18.1 Å². The Morgan fingerprint density at radius 1 is 1.35 bits per heavy atom. The zero-order chi connectivity index (χ0) is 12.3. The summed E-state index contributed by atoms with van der Waals surface area (Å²) in [5, 5.41) is 6.42. The third-order valence-corrected chi connectivity index (χ3v) is 4.18. The molecule has 1 aliphatic heterocycles. The smallest absolute Gasteiger partial charge is 0.237 e. The van der Waals surface area contributed by atoms with Crippen molar-refractivity contribution >= 4 is 5.91 Å². The lowest BCUT2D eigenvalue weighted by molar-refractivity contribution is -0.124. The summed E-state index contributed by atoms with van der Waals surface area (Å²) < 4.78 is 5.26. The first-order chi connectivity index (χ1) is 8.20. The minimum atomic E-state index is -0.0610. The molecule has 17 heavy (non-hydrogen) atoms. The largest absolute Gasteiger partial charge is 0.380 e. The van der Waals surface area contributed by atoms with Crippen LogP contribution in [-0.2, 0) is 9.53 Å². The molecule has 0 aromatic heterocycles. The van der Waals surface area contributed by atoms with E-state index >= 15 is 0 Å². The molecule has 98 valence electrons. The van der Waals surface area contributed by atoms with Gasteiger partial charge in [0.05, 0.1) is 12.1 Å². The third-order valence-electron chi connectivity index (χ3n) is 4.18. The molecule has 2 N–H and O–H groups in total. The SMILES string of the molecule is COC1CNC(C(=O)NC2CCCCC2C)C1. The lowest BCUT2D eigenvalue weighted by Crippen LogP contribution is -2.48. The summed E-state index contributed by atoms with van der Waals surface area (Å²) in [6.07, 6.45) is 5.91. The molecular formula is C13H24N2O2. The van der Waals surface area contributed by atoms with Crippen LogP contribution in [-0.4, -0.2) is 37.7 Å². The maximum atomic E-state index is 12.1. The van der Waals surface area contributed by atoms with Crippen molar-refractivity contribution in [3.8, 4) is 0 Å². The van der Waals surface area contributed by atoms with Gasteiger partial charge >= 0.3 is 0 Å². The number of hydrogen-bond acceptors (Lipinski definition) is 3. The van der Waals surface area contributed by atoms with E-state index in [4.69, 9.17) is 4.74 Å². The quantitative estimate of drug-likeness (QED) is 0.775. The van der Waals surface area contributed by atoms with Crippen LogP contribution in [0, 0.1) is 5.92 Å². The number of rotatable bonds is 3. The molecule has 2 rings (SSSR count). The number of methoxy groups -OCH3 is 1. The van der Waals surface area contributed by atoms with Gasteiger partial charge in [-0.3, -0.25) is 4.79 Å². The van der Waals surface area contributed by atoms with Crippen LogP contribution in [0.5, 0.6) is 0 Å². The van der Waals surface area contributed by atoms with Crippen molar-refractivity contribution in [2.45, 2.75) is 57.2 Å². The molecular weight excluding hydrogens is 216 g/mol. The van der Waals surface area contributed by atoms with Gasteiger partial charge in [-0.25, -0.2) is 0 Å². The average molecular weight is 240 g/mol. The molecule has 1 saturated heterocycles. The van der Waals surface area contributed by atoms with Crippen LogP contribution in [0.4, 0.5) is 0 Å². The summed E-state index contributed by atoms with van der Waals surface area (Å²) in [5.41, 5.74) is 0. The number of ether oxygens (including phenoxy) is 1. The molecule has 4 unspecified atom stereocenters. The molecule has 0 aromatic rings. The van der Waals surface area contributed by atoms with Crippen molar-refractivity contribution < 1.29 is 9.53 Å². The molecule has 0 bridgehead atoms. The Hall–Kier alpha value is -0.610. The monoisotopic (exact) mass is 240 g/mol. The summed E-state index contributed by atoms with van der Waals surface area (Å²) in [6.45, 7) is 3.03. The Morgan fingerprint density at radius 3 is 2.76 bits per heavy atom. The van der Waals surface area contributed by atoms with Gasteiger partial charge in [0.25, 0.3) is 0 Å². The standard InChI is InChI=1S/C13H24N2O2/c1-9-5-3-4-6-11(9)15-13(16)12-7-10(17-2)8-14-12/h9-12,14H,3-8H2,1-2H3,(H,15,16). The van der Waals surface area contributed by atoms with Crippen LogP contribution in [0.15, 0.2) is 0 Å². The van der Waals surface area contributed by atoms with Gasteiger partial charge in [0.15, 0.2) is 0 Å². The third kappa shape index (κ3) is 3.19. The fraction of sp³-hybridized carbons (Fsp3) is 0.923. The Morgan fingerprint density at radius 2 is 2.12 bits per heavy atom. The highest BCUT2D eigenvalue weighted by atomic mass is 16.5. The van der Waals surface area contributed by atoms with Crippen LogP contribution in [0.1, 0.15) is 39.0 Å². The van der Waals surface area contributed by atoms with E-state index in [0.717, 1.165) is 19.4 Å². The zero-order valence-corrected chi connectivity index (χ0v) is 10.9. The van der Waals surface area contributed by atoms with Gasteiger partial charge in [0, 0.05) is 19.7 Å². The first-order valence-electron chi connectivity index (χ1n) is 6.77. The van der Waals surface area contributed by atoms with Gasteiger partial charge in [-0.05, 0) is 25.2 Å². The normalized spacial score (nSPS) is 38.0. The Bertz CT molecular complexity index is 270. The average Bonchev–Trinajstić information content (AvgIpc) is 2.81. The first kappa shape index (κ1) is 12.8. The summed E-state index contributed by atoms with van der Waals surface area (Å²) in [7, 11) is 1.70. The minimum absolute atomic E-state index is 0.0610. The van der Waals surface area contributed by atoms with Crippen molar-refractivity contribution in [2.75, 3.05) is 13.7 Å². The molecule has 0 radical (unpaired) electrons. The van der Waals surface area contributed by atoms with E-state index in [1.54, 1.807) is 7.11 Å². The molecule has 0 spiro atoms. The van der Waals surface area contributed by atoms with E-state index in [1.807, 2.05) is 0 Å². The molecule has 2 fully saturated rings. The van der Waals surface area contributed by atoms with E-state index < -0.39 is 0 Å². The summed E-state index contributed by atoms with van der Waals surface area (Å²) >= 11 is 0. The highest BCUT2D eigenvalue weighted by Crippen LogP contribution is 2.24. The van der Waals surface area contributed by atoms with Crippen LogP contribution in [0.25, 0.3) is 0 Å². The predicted molar refractivity (Wildman–Crippen MR) is 66.8 cm³/mol. The van der Waals surface area contributed by atoms with Gasteiger partial charge in [-0.1, -0.05) is 19.8 Å². The Labute approximate surface area is 103 Å². The molecule has 1 aliphatic carbocycles. The number of hydrogen-bond donors (Lipinski definition) is 2. The molecule has 1 amide bonds. The van der Waals surface area contributed by atoms with E-state index in [0.29, 0.717) is 12.0 Å². The van der Waals surface area contributed by atoms with Gasteiger partial charge in [0.1, 0.15) is 0 Å². The van der Waals surface area contributed by atoms with Crippen LogP contribution in [0.2, 0.25) is 0 Å². The highest BCUT2D eigenvalue weighted by molar-refractivity contribution is 5.82. The number of carbonyl (C=O) groups excluding carboxylic acids is 1. The molecule has 1 heterocycles. The van der Waals surface area contributed by atoms with E-state index in [2.05, 4.69) is 17.6 Å². The molecule has 4 atom stereocenters. The van der Waals surface area contributed by atoms with Gasteiger partial charge in [-0.2, -0.15) is 0 Å². The second-order valence-electron chi connectivity index (χ2n) is 5.43. The van der Waals surface area contributed by atoms with Crippen LogP contribution in [0.3, 0.4) is 0 Å². The van der Waals surface area contributed by atoms with Crippen LogP contribution >= 0.6 is 0 Å². The number of nitrogens with one attached hydrogen (secondary N) is 2. The summed E-state index contributed by atoms with van der Waals surface area (Å²) in [4.78, 5) is 12.1. The van der Waals surface area contributed by atoms with Crippen LogP contribution < -0.4 is 10.6 Å². The first-order valence-corrected chi connectivity index (χ1v) is 6.77. The van der Waals surface area contributed by atoms with E-state index in [9.17, 15) is 4.79 Å². The second-order valence-corrected chi connectivity index (χ2v) is 5.43. The van der Waals surface area contributed by atoms with Gasteiger partial charge < -0.3 is 15.4 Å².